The summed E-state index contributed by atoms with van der Waals surface area (Å²) >= 11 is 0. The van der Waals surface area contributed by atoms with Gasteiger partial charge in [-0.1, -0.05) is 30.3 Å². The topological polar surface area (TPSA) is 86.1 Å². The molecular weight excluding hydrogens is 248 g/mol. The SMILES string of the molecule is COc1nc2n(n1)C(=O)C(c1ccccc1)C(=O)N2. The van der Waals surface area contributed by atoms with Crippen LogP contribution in [0.2, 0.25) is 0 Å². The Labute approximate surface area is 108 Å². The van der Waals surface area contributed by atoms with Gasteiger partial charge in [-0.2, -0.15) is 9.67 Å². The van der Waals surface area contributed by atoms with Crippen molar-refractivity contribution in [2.75, 3.05) is 12.4 Å². The van der Waals surface area contributed by atoms with Gasteiger partial charge in [-0.25, -0.2) is 0 Å². The van der Waals surface area contributed by atoms with E-state index in [0.29, 0.717) is 5.56 Å². The molecule has 1 unspecified atom stereocenters. The van der Waals surface area contributed by atoms with Crippen molar-refractivity contribution in [1.82, 2.24) is 14.8 Å². The molecule has 1 aromatic heterocycles. The van der Waals surface area contributed by atoms with E-state index in [1.807, 2.05) is 6.07 Å². The number of hydrogen-bond acceptors (Lipinski definition) is 5. The molecule has 1 aliphatic heterocycles. The fraction of sp³-hybridized carbons (Fsp3) is 0.167. The molecule has 7 heteroatoms. The second-order valence-electron chi connectivity index (χ2n) is 4.01. The Hall–Kier alpha value is -2.70. The lowest BCUT2D eigenvalue weighted by atomic mass is 9.96. The Bertz CT molecular complexity index is 650. The highest BCUT2D eigenvalue weighted by atomic mass is 16.5. The van der Waals surface area contributed by atoms with Gasteiger partial charge in [0.1, 0.15) is 5.92 Å². The number of carbonyl (C=O) groups excluding carboxylic acids is 2. The number of rotatable bonds is 2. The quantitative estimate of drug-likeness (QED) is 0.800. The molecule has 0 saturated heterocycles. The largest absolute Gasteiger partial charge is 0.466 e. The van der Waals surface area contributed by atoms with E-state index in [-0.39, 0.29) is 12.0 Å². The molecule has 96 valence electrons. The van der Waals surface area contributed by atoms with Gasteiger partial charge in [0.15, 0.2) is 0 Å². The Balaban J connectivity index is 2.05. The summed E-state index contributed by atoms with van der Waals surface area (Å²) in [5.41, 5.74) is 0.616. The van der Waals surface area contributed by atoms with Gasteiger partial charge in [-0.05, 0) is 5.56 Å². The maximum absolute atomic E-state index is 12.3. The Morgan fingerprint density at radius 2 is 2.00 bits per heavy atom. The van der Waals surface area contributed by atoms with Crippen LogP contribution in [0.1, 0.15) is 16.3 Å². The van der Waals surface area contributed by atoms with Crippen LogP contribution in [-0.2, 0) is 4.79 Å². The average molecular weight is 258 g/mol. The number of carbonyl (C=O) groups is 2. The highest BCUT2D eigenvalue weighted by molar-refractivity contribution is 6.14. The first kappa shape index (κ1) is 11.4. The minimum atomic E-state index is -0.917. The number of nitrogens with zero attached hydrogens (tertiary/aromatic N) is 3. The maximum atomic E-state index is 12.3. The molecule has 1 aliphatic rings. The van der Waals surface area contributed by atoms with Crippen molar-refractivity contribution < 1.29 is 14.3 Å². The predicted molar refractivity (Wildman–Crippen MR) is 65.0 cm³/mol. The summed E-state index contributed by atoms with van der Waals surface area (Å²) in [7, 11) is 1.39. The number of amides is 1. The van der Waals surface area contributed by atoms with E-state index in [2.05, 4.69) is 15.4 Å². The van der Waals surface area contributed by atoms with Gasteiger partial charge in [0, 0.05) is 0 Å². The smallest absolute Gasteiger partial charge is 0.337 e. The van der Waals surface area contributed by atoms with Gasteiger partial charge >= 0.3 is 6.01 Å². The molecule has 0 saturated carbocycles. The van der Waals surface area contributed by atoms with Gasteiger partial charge in [0.2, 0.25) is 11.9 Å². The summed E-state index contributed by atoms with van der Waals surface area (Å²) in [5.74, 6) is -1.70. The minimum Gasteiger partial charge on any atom is -0.466 e. The Morgan fingerprint density at radius 1 is 1.26 bits per heavy atom. The third-order valence-corrected chi connectivity index (χ3v) is 2.86. The van der Waals surface area contributed by atoms with Crippen LogP contribution in [0.5, 0.6) is 6.01 Å². The van der Waals surface area contributed by atoms with Crippen LogP contribution in [0, 0.1) is 0 Å². The summed E-state index contributed by atoms with van der Waals surface area (Å²) in [6, 6.07) is 8.85. The highest BCUT2D eigenvalue weighted by Crippen LogP contribution is 2.26. The Morgan fingerprint density at radius 3 is 2.68 bits per heavy atom. The minimum absolute atomic E-state index is 0.0392. The van der Waals surface area contributed by atoms with E-state index in [1.54, 1.807) is 24.3 Å². The zero-order valence-electron chi connectivity index (χ0n) is 10.0. The van der Waals surface area contributed by atoms with Gasteiger partial charge in [0.05, 0.1) is 7.11 Å². The van der Waals surface area contributed by atoms with Crippen molar-refractivity contribution in [1.29, 1.82) is 0 Å². The van der Waals surface area contributed by atoms with Crippen LogP contribution in [0.3, 0.4) is 0 Å². The standard InChI is InChI=1S/C12H10N4O3/c1-19-12-14-11-13-9(17)8(10(18)16(11)15-12)7-5-3-2-4-6-7/h2-6,8H,1H3,(H,13,14,15,17). The molecule has 7 nitrogen and oxygen atoms in total. The van der Waals surface area contributed by atoms with Crippen molar-refractivity contribution in [3.63, 3.8) is 0 Å². The maximum Gasteiger partial charge on any atom is 0.337 e. The average Bonchev–Trinajstić information content (AvgIpc) is 2.83. The number of hydrogen-bond donors (Lipinski definition) is 1. The van der Waals surface area contributed by atoms with E-state index >= 15 is 0 Å². The first-order chi connectivity index (χ1) is 9.20. The number of anilines is 1. The van der Waals surface area contributed by atoms with E-state index in [0.717, 1.165) is 4.68 Å². The molecule has 0 fully saturated rings. The summed E-state index contributed by atoms with van der Waals surface area (Å²) in [6.45, 7) is 0. The van der Waals surface area contributed by atoms with Gasteiger partial charge in [0.25, 0.3) is 5.91 Å². The third kappa shape index (κ3) is 1.75. The molecule has 0 bridgehead atoms. The van der Waals surface area contributed by atoms with E-state index < -0.39 is 17.7 Å². The van der Waals surface area contributed by atoms with Gasteiger partial charge < -0.3 is 4.74 Å². The van der Waals surface area contributed by atoms with Crippen molar-refractivity contribution in [2.24, 2.45) is 0 Å². The molecule has 3 rings (SSSR count). The van der Waals surface area contributed by atoms with Crippen molar-refractivity contribution in [2.45, 2.75) is 5.92 Å². The van der Waals surface area contributed by atoms with Crippen LogP contribution in [0.4, 0.5) is 5.95 Å². The molecule has 1 aromatic carbocycles. The van der Waals surface area contributed by atoms with Crippen LogP contribution in [-0.4, -0.2) is 33.7 Å². The van der Waals surface area contributed by atoms with Crippen molar-refractivity contribution >= 4 is 17.8 Å². The van der Waals surface area contributed by atoms with E-state index in [9.17, 15) is 9.59 Å². The lowest BCUT2D eigenvalue weighted by Gasteiger charge is -2.20. The summed E-state index contributed by atoms with van der Waals surface area (Å²) in [4.78, 5) is 28.2. The second-order valence-corrected chi connectivity index (χ2v) is 4.01. The number of aromatic nitrogens is 3. The van der Waals surface area contributed by atoms with Crippen LogP contribution in [0.15, 0.2) is 30.3 Å². The van der Waals surface area contributed by atoms with Gasteiger partial charge in [-0.3, -0.25) is 14.9 Å². The molecule has 1 amide bonds. The molecule has 1 atom stereocenters. The predicted octanol–water partition coefficient (Wildman–Crippen LogP) is 0.663. The fourth-order valence-corrected chi connectivity index (χ4v) is 1.97. The zero-order valence-corrected chi connectivity index (χ0v) is 10.0. The number of ether oxygens (including phenoxy) is 1. The van der Waals surface area contributed by atoms with Gasteiger partial charge in [-0.15, -0.1) is 5.10 Å². The monoisotopic (exact) mass is 258 g/mol. The molecule has 19 heavy (non-hydrogen) atoms. The lowest BCUT2D eigenvalue weighted by Crippen LogP contribution is -2.38. The Kier molecular flexibility index (Phi) is 2.52. The lowest BCUT2D eigenvalue weighted by molar-refractivity contribution is -0.117. The highest BCUT2D eigenvalue weighted by Gasteiger charge is 2.37. The second kappa shape index (κ2) is 4.20. The molecule has 0 aliphatic carbocycles. The normalized spacial score (nSPS) is 17.8. The molecule has 0 radical (unpaired) electrons. The first-order valence-corrected chi connectivity index (χ1v) is 5.62. The third-order valence-electron chi connectivity index (χ3n) is 2.86. The van der Waals surface area contributed by atoms with Crippen molar-refractivity contribution in [3.05, 3.63) is 35.9 Å². The first-order valence-electron chi connectivity index (χ1n) is 5.62. The van der Waals surface area contributed by atoms with Crippen LogP contribution < -0.4 is 10.1 Å². The fourth-order valence-electron chi connectivity index (χ4n) is 1.97. The number of nitrogens with one attached hydrogen (secondary N) is 1. The van der Waals surface area contributed by atoms with Crippen molar-refractivity contribution in [3.8, 4) is 6.01 Å². The number of fused-ring (bicyclic) bond motifs is 1. The van der Waals surface area contributed by atoms with E-state index in [4.69, 9.17) is 4.74 Å². The summed E-state index contributed by atoms with van der Waals surface area (Å²) in [5, 5.41) is 6.42. The van der Waals surface area contributed by atoms with Crippen LogP contribution in [0.25, 0.3) is 0 Å². The molecule has 1 N–H and O–H groups in total. The van der Waals surface area contributed by atoms with Crippen LogP contribution >= 0.6 is 0 Å². The molecule has 2 heterocycles. The summed E-state index contributed by atoms with van der Waals surface area (Å²) < 4.78 is 5.90. The molecule has 0 spiro atoms. The molecule has 2 aromatic rings. The molecular formula is C12H10N4O3. The number of benzene rings is 1. The van der Waals surface area contributed by atoms with E-state index in [1.165, 1.54) is 7.11 Å². The summed E-state index contributed by atoms with van der Waals surface area (Å²) in [6.07, 6.45) is 0. The number of methoxy groups -OCH3 is 1. The zero-order chi connectivity index (χ0) is 13.4.